The lowest BCUT2D eigenvalue weighted by Crippen LogP contribution is -2.42. The van der Waals surface area contributed by atoms with E-state index in [1.807, 2.05) is 20.8 Å². The maximum absolute atomic E-state index is 13.8. The van der Waals surface area contributed by atoms with E-state index in [4.69, 9.17) is 4.74 Å². The average molecular weight is 388 g/mol. The molecule has 0 radical (unpaired) electrons. The van der Waals surface area contributed by atoms with Gasteiger partial charge in [-0.3, -0.25) is 9.59 Å². The zero-order valence-corrected chi connectivity index (χ0v) is 16.0. The van der Waals surface area contributed by atoms with E-state index in [1.54, 1.807) is 23.1 Å². The molecule has 0 spiro atoms. The molecule has 2 aromatic carbocycles. The summed E-state index contributed by atoms with van der Waals surface area (Å²) in [6.07, 6.45) is 0.781. The van der Waals surface area contributed by atoms with Crippen LogP contribution in [0.3, 0.4) is 0 Å². The molecule has 0 aromatic heterocycles. The largest absolute Gasteiger partial charge is 0.490 e. The number of ether oxygens (including phenoxy) is 1. The summed E-state index contributed by atoms with van der Waals surface area (Å²) in [5.41, 5.74) is 0.0649. The van der Waals surface area contributed by atoms with Crippen LogP contribution in [0.2, 0.25) is 0 Å². The van der Waals surface area contributed by atoms with Crippen LogP contribution in [0.1, 0.15) is 37.6 Å². The minimum atomic E-state index is -0.940. The van der Waals surface area contributed by atoms with Gasteiger partial charge >= 0.3 is 0 Å². The van der Waals surface area contributed by atoms with E-state index in [2.05, 4.69) is 5.32 Å². The lowest BCUT2D eigenvalue weighted by Gasteiger charge is -2.27. The van der Waals surface area contributed by atoms with Crippen LogP contribution in [-0.4, -0.2) is 25.0 Å². The Morgan fingerprint density at radius 3 is 2.64 bits per heavy atom. The summed E-state index contributed by atoms with van der Waals surface area (Å²) in [7, 11) is 0. The van der Waals surface area contributed by atoms with E-state index >= 15 is 0 Å². The van der Waals surface area contributed by atoms with Crippen molar-refractivity contribution < 1.29 is 23.1 Å². The van der Waals surface area contributed by atoms with E-state index in [9.17, 15) is 18.4 Å². The van der Waals surface area contributed by atoms with Crippen molar-refractivity contribution in [3.8, 4) is 5.75 Å². The van der Waals surface area contributed by atoms with Gasteiger partial charge < -0.3 is 15.0 Å². The molecule has 0 fully saturated rings. The van der Waals surface area contributed by atoms with E-state index in [0.717, 1.165) is 18.6 Å². The van der Waals surface area contributed by atoms with Crippen LogP contribution in [0.15, 0.2) is 36.4 Å². The Morgan fingerprint density at radius 1 is 1.21 bits per heavy atom. The summed E-state index contributed by atoms with van der Waals surface area (Å²) in [6.45, 7) is 6.37. The number of hydrogen-bond acceptors (Lipinski definition) is 3. The first-order valence-corrected chi connectivity index (χ1v) is 9.08. The third-order valence-electron chi connectivity index (χ3n) is 4.54. The van der Waals surface area contributed by atoms with Crippen LogP contribution in [-0.2, 0) is 4.79 Å². The summed E-state index contributed by atoms with van der Waals surface area (Å²) >= 11 is 0. The van der Waals surface area contributed by atoms with Crippen molar-refractivity contribution in [3.63, 3.8) is 0 Å². The number of benzene rings is 2. The number of nitrogens with zero attached hydrogens (tertiary/aromatic N) is 1. The van der Waals surface area contributed by atoms with Crippen molar-refractivity contribution >= 4 is 23.2 Å². The second-order valence-electron chi connectivity index (χ2n) is 7.39. The second-order valence-corrected chi connectivity index (χ2v) is 7.39. The fourth-order valence-corrected chi connectivity index (χ4v) is 3.04. The molecule has 0 saturated carbocycles. The monoisotopic (exact) mass is 388 g/mol. The first-order valence-electron chi connectivity index (χ1n) is 9.08. The third kappa shape index (κ3) is 3.83. The summed E-state index contributed by atoms with van der Waals surface area (Å²) < 4.78 is 32.7. The second kappa shape index (κ2) is 7.58. The van der Waals surface area contributed by atoms with Crippen LogP contribution >= 0.6 is 0 Å². The zero-order chi connectivity index (χ0) is 20.5. The zero-order valence-electron chi connectivity index (χ0n) is 16.0. The smallest absolute Gasteiger partial charge is 0.258 e. The highest BCUT2D eigenvalue weighted by molar-refractivity contribution is 6.05. The molecular formula is C21H22F2N2O3. The lowest BCUT2D eigenvalue weighted by molar-refractivity contribution is -0.127. The SMILES string of the molecule is CCCN1C(=O)C(C)(C)COc2cc(NC(=O)c3ccc(F)cc3F)ccc21. The van der Waals surface area contributed by atoms with Crippen LogP contribution in [0.25, 0.3) is 0 Å². The number of amides is 2. The van der Waals surface area contributed by atoms with Crippen molar-refractivity contribution in [3.05, 3.63) is 53.6 Å². The van der Waals surface area contributed by atoms with Gasteiger partial charge in [-0.25, -0.2) is 8.78 Å². The quantitative estimate of drug-likeness (QED) is 0.846. The Morgan fingerprint density at radius 2 is 1.96 bits per heavy atom. The molecule has 0 unspecified atom stereocenters. The Balaban J connectivity index is 1.90. The van der Waals surface area contributed by atoms with Crippen molar-refractivity contribution in [1.82, 2.24) is 0 Å². The topological polar surface area (TPSA) is 58.6 Å². The van der Waals surface area contributed by atoms with Crippen LogP contribution in [0.5, 0.6) is 5.75 Å². The number of anilines is 2. The minimum absolute atomic E-state index is 0.0294. The number of halogens is 2. The highest BCUT2D eigenvalue weighted by Crippen LogP contribution is 2.38. The van der Waals surface area contributed by atoms with Gasteiger partial charge in [0.15, 0.2) is 0 Å². The fraction of sp³-hybridized carbons (Fsp3) is 0.333. The average Bonchev–Trinajstić information content (AvgIpc) is 2.72. The van der Waals surface area contributed by atoms with E-state index in [-0.39, 0.29) is 18.1 Å². The molecule has 148 valence electrons. The Labute approximate surface area is 162 Å². The van der Waals surface area contributed by atoms with Gasteiger partial charge in [-0.2, -0.15) is 0 Å². The summed E-state index contributed by atoms with van der Waals surface area (Å²) in [5, 5.41) is 2.58. The predicted octanol–water partition coefficient (Wildman–Crippen LogP) is 4.38. The van der Waals surface area contributed by atoms with E-state index < -0.39 is 23.0 Å². The molecule has 2 amide bonds. The summed E-state index contributed by atoms with van der Waals surface area (Å²) in [4.78, 5) is 26.8. The van der Waals surface area contributed by atoms with Gasteiger partial charge in [0.05, 0.1) is 16.7 Å². The van der Waals surface area contributed by atoms with Crippen LogP contribution < -0.4 is 15.0 Å². The molecule has 0 aliphatic carbocycles. The number of rotatable bonds is 4. The summed E-state index contributed by atoms with van der Waals surface area (Å²) in [5.74, 6) is -1.96. The van der Waals surface area contributed by atoms with Crippen molar-refractivity contribution in [2.45, 2.75) is 27.2 Å². The number of hydrogen-bond donors (Lipinski definition) is 1. The Hall–Kier alpha value is -2.96. The molecule has 1 aliphatic heterocycles. The molecule has 1 aliphatic rings. The molecule has 7 heteroatoms. The highest BCUT2D eigenvalue weighted by Gasteiger charge is 2.37. The molecule has 1 heterocycles. The van der Waals surface area contributed by atoms with Gasteiger partial charge in [0.25, 0.3) is 5.91 Å². The van der Waals surface area contributed by atoms with Gasteiger partial charge in [0.1, 0.15) is 24.0 Å². The maximum Gasteiger partial charge on any atom is 0.258 e. The Bertz CT molecular complexity index is 928. The molecular weight excluding hydrogens is 366 g/mol. The highest BCUT2D eigenvalue weighted by atomic mass is 19.1. The van der Waals surface area contributed by atoms with E-state index in [1.165, 1.54) is 0 Å². The molecule has 1 N–H and O–H groups in total. The van der Waals surface area contributed by atoms with Crippen molar-refractivity contribution in [2.75, 3.05) is 23.4 Å². The van der Waals surface area contributed by atoms with E-state index in [0.29, 0.717) is 29.7 Å². The fourth-order valence-electron chi connectivity index (χ4n) is 3.04. The molecule has 5 nitrogen and oxygen atoms in total. The first-order chi connectivity index (χ1) is 13.2. The number of fused-ring (bicyclic) bond motifs is 1. The van der Waals surface area contributed by atoms with Gasteiger partial charge in [0.2, 0.25) is 5.91 Å². The van der Waals surface area contributed by atoms with Crippen molar-refractivity contribution in [1.29, 1.82) is 0 Å². The number of carbonyl (C=O) groups excluding carboxylic acids is 2. The molecule has 28 heavy (non-hydrogen) atoms. The van der Waals surface area contributed by atoms with Crippen molar-refractivity contribution in [2.24, 2.45) is 5.41 Å². The molecule has 2 aromatic rings. The predicted molar refractivity (Wildman–Crippen MR) is 103 cm³/mol. The Kier molecular flexibility index (Phi) is 5.36. The normalized spacial score (nSPS) is 15.5. The molecule has 3 rings (SSSR count). The van der Waals surface area contributed by atoms with Gasteiger partial charge in [-0.1, -0.05) is 6.92 Å². The molecule has 0 bridgehead atoms. The van der Waals surface area contributed by atoms with Crippen LogP contribution in [0, 0.1) is 17.0 Å². The minimum Gasteiger partial charge on any atom is -0.490 e. The molecule has 0 saturated heterocycles. The molecule has 0 atom stereocenters. The number of carbonyl (C=O) groups is 2. The first kappa shape index (κ1) is 19.8. The third-order valence-corrected chi connectivity index (χ3v) is 4.54. The lowest BCUT2D eigenvalue weighted by atomic mass is 9.93. The van der Waals surface area contributed by atoms with Gasteiger partial charge in [-0.15, -0.1) is 0 Å². The van der Waals surface area contributed by atoms with Crippen LogP contribution in [0.4, 0.5) is 20.2 Å². The van der Waals surface area contributed by atoms with Gasteiger partial charge in [0, 0.05) is 24.4 Å². The maximum atomic E-state index is 13.8. The van der Waals surface area contributed by atoms with Gasteiger partial charge in [-0.05, 0) is 44.5 Å². The standard InChI is InChI=1S/C21H22F2N2O3/c1-4-9-25-17-8-6-14(11-18(17)28-12-21(2,3)20(25)27)24-19(26)15-7-5-13(22)10-16(15)23/h5-8,10-11H,4,9,12H2,1-3H3,(H,24,26). The summed E-state index contributed by atoms with van der Waals surface area (Å²) in [6, 6.07) is 7.69. The number of nitrogens with one attached hydrogen (secondary N) is 1.